The Morgan fingerprint density at radius 1 is 0.905 bits per heavy atom. The minimum atomic E-state index is -2.43. The predicted octanol–water partition coefficient (Wildman–Crippen LogP) is 3.94. The van der Waals surface area contributed by atoms with Gasteiger partial charge in [0.15, 0.2) is 0 Å². The molecule has 0 aromatic carbocycles. The van der Waals surface area contributed by atoms with Crippen LogP contribution in [0.25, 0.3) is 0 Å². The molecule has 128 valence electrons. The molecule has 0 amide bonds. The van der Waals surface area contributed by atoms with Crippen molar-refractivity contribution in [2.24, 2.45) is 0 Å². The molecule has 1 atom stereocenters. The van der Waals surface area contributed by atoms with Gasteiger partial charge in [0.1, 0.15) is 0 Å². The quantitative estimate of drug-likeness (QED) is 0.454. The molecule has 0 aromatic rings. The molecule has 4 nitrogen and oxygen atoms in total. The van der Waals surface area contributed by atoms with Crippen LogP contribution >= 0.6 is 0 Å². The Kier molecular flexibility index (Phi) is 12.6. The number of rotatable bonds is 14. The molecule has 0 aromatic heterocycles. The molecule has 0 heterocycles. The van der Waals surface area contributed by atoms with Crippen molar-refractivity contribution in [3.8, 4) is 0 Å². The van der Waals surface area contributed by atoms with Gasteiger partial charge in [0.05, 0.1) is 0 Å². The van der Waals surface area contributed by atoms with Crippen molar-refractivity contribution >= 4 is 8.80 Å². The minimum Gasteiger partial charge on any atom is -0.374 e. The number of nitrogens with zero attached hydrogens (tertiary/aromatic N) is 1. The zero-order valence-corrected chi connectivity index (χ0v) is 16.1. The zero-order valence-electron chi connectivity index (χ0n) is 15.1. The topological polar surface area (TPSA) is 30.9 Å². The molecular formula is C16H37NO3Si. The molecule has 0 bridgehead atoms. The Morgan fingerprint density at radius 2 is 1.43 bits per heavy atom. The summed E-state index contributed by atoms with van der Waals surface area (Å²) >= 11 is 0. The maximum Gasteiger partial charge on any atom is 0.497 e. The standard InChI is InChI=1S/C16H37NO3Si/c1-7-13-17(14-8-2)15-11-12-16(5)20-21(6,18-9-3)19-10-4/h16H,7-15H2,1-6H3. The third-order valence-corrected chi connectivity index (χ3v) is 5.85. The summed E-state index contributed by atoms with van der Waals surface area (Å²) in [6, 6.07) is 0. The predicted molar refractivity (Wildman–Crippen MR) is 91.7 cm³/mol. The molecule has 1 unspecified atom stereocenters. The molecule has 0 N–H and O–H groups in total. The monoisotopic (exact) mass is 319 g/mol. The smallest absolute Gasteiger partial charge is 0.374 e. The maximum atomic E-state index is 6.10. The molecule has 0 aliphatic carbocycles. The maximum absolute atomic E-state index is 6.10. The molecule has 0 saturated carbocycles. The van der Waals surface area contributed by atoms with Crippen molar-refractivity contribution in [1.29, 1.82) is 0 Å². The van der Waals surface area contributed by atoms with E-state index in [1.165, 1.54) is 32.4 Å². The lowest BCUT2D eigenvalue weighted by atomic mass is 10.2. The van der Waals surface area contributed by atoms with Gasteiger partial charge in [-0.1, -0.05) is 13.8 Å². The van der Waals surface area contributed by atoms with Gasteiger partial charge in [-0.3, -0.25) is 0 Å². The van der Waals surface area contributed by atoms with Gasteiger partial charge in [0.2, 0.25) is 0 Å². The van der Waals surface area contributed by atoms with Crippen LogP contribution in [-0.2, 0) is 13.3 Å². The SMILES string of the molecule is CCCN(CCC)CCCC(C)O[Si](C)(OCC)OCC. The molecule has 0 fully saturated rings. The Morgan fingerprint density at radius 3 is 1.86 bits per heavy atom. The lowest BCUT2D eigenvalue weighted by Crippen LogP contribution is -2.45. The minimum absolute atomic E-state index is 0.199. The highest BCUT2D eigenvalue weighted by Gasteiger charge is 2.35. The summed E-state index contributed by atoms with van der Waals surface area (Å²) in [7, 11) is -2.43. The fourth-order valence-corrected chi connectivity index (χ4v) is 4.75. The molecule has 0 spiro atoms. The summed E-state index contributed by atoms with van der Waals surface area (Å²) in [5.41, 5.74) is 0. The van der Waals surface area contributed by atoms with Gasteiger partial charge in [-0.25, -0.2) is 0 Å². The molecule has 0 saturated heterocycles. The average molecular weight is 320 g/mol. The van der Waals surface area contributed by atoms with E-state index < -0.39 is 8.80 Å². The van der Waals surface area contributed by atoms with Crippen molar-refractivity contribution in [3.63, 3.8) is 0 Å². The van der Waals surface area contributed by atoms with E-state index in [4.69, 9.17) is 13.3 Å². The zero-order chi connectivity index (χ0) is 16.1. The van der Waals surface area contributed by atoms with E-state index >= 15 is 0 Å². The van der Waals surface area contributed by atoms with Crippen LogP contribution in [0.5, 0.6) is 0 Å². The van der Waals surface area contributed by atoms with Crippen LogP contribution in [0, 0.1) is 0 Å². The first kappa shape index (κ1) is 21.1. The fourth-order valence-electron chi connectivity index (χ4n) is 2.63. The molecule has 0 radical (unpaired) electrons. The van der Waals surface area contributed by atoms with Crippen LogP contribution in [0.1, 0.15) is 60.3 Å². The molecule has 0 rings (SSSR count). The lowest BCUT2D eigenvalue weighted by molar-refractivity contribution is 0.0399. The van der Waals surface area contributed by atoms with Crippen molar-refractivity contribution in [2.75, 3.05) is 32.8 Å². The Labute approximate surface area is 133 Å². The second kappa shape index (κ2) is 12.6. The van der Waals surface area contributed by atoms with Crippen molar-refractivity contribution < 1.29 is 13.3 Å². The lowest BCUT2D eigenvalue weighted by Gasteiger charge is -2.29. The van der Waals surface area contributed by atoms with E-state index in [9.17, 15) is 0 Å². The first-order chi connectivity index (χ1) is 10.0. The highest BCUT2D eigenvalue weighted by molar-refractivity contribution is 6.59. The normalized spacial score (nSPS) is 13.9. The van der Waals surface area contributed by atoms with Crippen LogP contribution < -0.4 is 0 Å². The van der Waals surface area contributed by atoms with Gasteiger partial charge < -0.3 is 18.2 Å². The van der Waals surface area contributed by atoms with Crippen LogP contribution in [0.2, 0.25) is 6.55 Å². The Bertz CT molecular complexity index is 230. The summed E-state index contributed by atoms with van der Waals surface area (Å²) < 4.78 is 17.6. The molecular weight excluding hydrogens is 282 g/mol. The van der Waals surface area contributed by atoms with E-state index in [2.05, 4.69) is 25.7 Å². The average Bonchev–Trinajstić information content (AvgIpc) is 2.39. The van der Waals surface area contributed by atoms with E-state index in [0.717, 1.165) is 13.0 Å². The van der Waals surface area contributed by atoms with Crippen molar-refractivity contribution in [2.45, 2.75) is 73.0 Å². The van der Waals surface area contributed by atoms with Gasteiger partial charge in [0, 0.05) is 25.9 Å². The van der Waals surface area contributed by atoms with Crippen LogP contribution in [0.4, 0.5) is 0 Å². The van der Waals surface area contributed by atoms with Crippen molar-refractivity contribution in [1.82, 2.24) is 4.90 Å². The first-order valence-electron chi connectivity index (χ1n) is 8.69. The van der Waals surface area contributed by atoms with Crippen LogP contribution in [0.3, 0.4) is 0 Å². The third-order valence-electron chi connectivity index (χ3n) is 3.39. The summed E-state index contributed by atoms with van der Waals surface area (Å²) in [5, 5.41) is 0. The van der Waals surface area contributed by atoms with E-state index in [0.29, 0.717) is 13.2 Å². The van der Waals surface area contributed by atoms with E-state index in [1.54, 1.807) is 0 Å². The molecule has 0 aliphatic rings. The van der Waals surface area contributed by atoms with E-state index in [-0.39, 0.29) is 6.10 Å². The van der Waals surface area contributed by atoms with E-state index in [1.807, 2.05) is 20.4 Å². The molecule has 21 heavy (non-hydrogen) atoms. The molecule has 0 aliphatic heterocycles. The van der Waals surface area contributed by atoms with Gasteiger partial charge in [-0.15, -0.1) is 0 Å². The highest BCUT2D eigenvalue weighted by Crippen LogP contribution is 2.15. The highest BCUT2D eigenvalue weighted by atomic mass is 28.4. The Hall–Kier alpha value is 0.0569. The number of hydrogen-bond donors (Lipinski definition) is 0. The largest absolute Gasteiger partial charge is 0.497 e. The third kappa shape index (κ3) is 10.4. The summed E-state index contributed by atoms with van der Waals surface area (Å²) in [6.45, 7) is 17.5. The number of hydrogen-bond acceptors (Lipinski definition) is 4. The van der Waals surface area contributed by atoms with Crippen molar-refractivity contribution in [3.05, 3.63) is 0 Å². The van der Waals surface area contributed by atoms with Gasteiger partial charge in [0.25, 0.3) is 0 Å². The fraction of sp³-hybridized carbons (Fsp3) is 1.00. The summed E-state index contributed by atoms with van der Waals surface area (Å²) in [4.78, 5) is 2.55. The second-order valence-electron chi connectivity index (χ2n) is 5.64. The van der Waals surface area contributed by atoms with Gasteiger partial charge in [-0.2, -0.15) is 0 Å². The second-order valence-corrected chi connectivity index (χ2v) is 8.18. The summed E-state index contributed by atoms with van der Waals surface area (Å²) in [6.07, 6.45) is 4.89. The Balaban J connectivity index is 4.08. The first-order valence-corrected chi connectivity index (χ1v) is 10.9. The summed E-state index contributed by atoms with van der Waals surface area (Å²) in [5.74, 6) is 0. The van der Waals surface area contributed by atoms with Crippen LogP contribution in [-0.4, -0.2) is 52.7 Å². The van der Waals surface area contributed by atoms with Crippen LogP contribution in [0.15, 0.2) is 0 Å². The molecule has 5 heteroatoms. The van der Waals surface area contributed by atoms with Gasteiger partial charge >= 0.3 is 8.80 Å². The van der Waals surface area contributed by atoms with Gasteiger partial charge in [-0.05, 0) is 66.1 Å².